The average molecular weight is 191 g/mol. The molecule has 0 saturated heterocycles. The van der Waals surface area contributed by atoms with Gasteiger partial charge in [-0.1, -0.05) is 36.4 Å². The number of hydrogen-bond acceptors (Lipinski definition) is 2. The molecular formula is C12H17NO. The van der Waals surface area contributed by atoms with Crippen molar-refractivity contribution in [2.24, 2.45) is 5.73 Å². The van der Waals surface area contributed by atoms with Crippen LogP contribution in [0, 0.1) is 0 Å². The minimum Gasteiger partial charge on any atom is -0.396 e. The van der Waals surface area contributed by atoms with Crippen LogP contribution in [-0.4, -0.2) is 18.3 Å². The highest BCUT2D eigenvalue weighted by atomic mass is 16.2. The van der Waals surface area contributed by atoms with Crippen LogP contribution in [0.1, 0.15) is 17.5 Å². The van der Waals surface area contributed by atoms with Gasteiger partial charge in [-0.3, -0.25) is 0 Å². The van der Waals surface area contributed by atoms with Gasteiger partial charge >= 0.3 is 0 Å². The fraction of sp³-hybridized carbons (Fsp3) is 0.333. The van der Waals surface area contributed by atoms with Gasteiger partial charge in [-0.05, 0) is 30.5 Å². The third-order valence-electron chi connectivity index (χ3n) is 2.07. The number of hydrogen-bond donors (Lipinski definition) is 2. The first-order chi connectivity index (χ1) is 6.88. The predicted octanol–water partition coefficient (Wildman–Crippen LogP) is 1.58. The second kappa shape index (κ2) is 6.35. The molecule has 1 rings (SSSR count). The van der Waals surface area contributed by atoms with Crippen molar-refractivity contribution in [3.63, 3.8) is 0 Å². The summed E-state index contributed by atoms with van der Waals surface area (Å²) in [6.07, 6.45) is 5.74. The maximum atomic E-state index is 8.87. The highest BCUT2D eigenvalue weighted by Crippen LogP contribution is 2.11. The van der Waals surface area contributed by atoms with Crippen LogP contribution in [0.4, 0.5) is 0 Å². The van der Waals surface area contributed by atoms with Crippen molar-refractivity contribution in [3.8, 4) is 0 Å². The Morgan fingerprint density at radius 3 is 2.79 bits per heavy atom. The summed E-state index contributed by atoms with van der Waals surface area (Å²) in [5.74, 6) is 0. The van der Waals surface area contributed by atoms with Gasteiger partial charge in [0.15, 0.2) is 0 Å². The first-order valence-corrected chi connectivity index (χ1v) is 4.94. The Hall–Kier alpha value is -1.12. The summed E-state index contributed by atoms with van der Waals surface area (Å²) in [5, 5.41) is 8.87. The van der Waals surface area contributed by atoms with E-state index >= 15 is 0 Å². The van der Waals surface area contributed by atoms with E-state index in [1.165, 1.54) is 11.1 Å². The second-order valence-corrected chi connectivity index (χ2v) is 3.15. The Balaban J connectivity index is 2.73. The zero-order chi connectivity index (χ0) is 10.2. The number of nitrogens with two attached hydrogens (primary N) is 1. The van der Waals surface area contributed by atoms with Crippen LogP contribution in [0.2, 0.25) is 0 Å². The third-order valence-corrected chi connectivity index (χ3v) is 2.07. The molecule has 0 unspecified atom stereocenters. The summed E-state index contributed by atoms with van der Waals surface area (Å²) in [5.41, 5.74) is 7.76. The molecule has 0 amide bonds. The lowest BCUT2D eigenvalue weighted by molar-refractivity contribution is 0.299. The van der Waals surface area contributed by atoms with E-state index in [-0.39, 0.29) is 6.61 Å². The van der Waals surface area contributed by atoms with Crippen molar-refractivity contribution >= 4 is 6.08 Å². The summed E-state index contributed by atoms with van der Waals surface area (Å²) in [6.45, 7) is 0.875. The van der Waals surface area contributed by atoms with Crippen LogP contribution in [0.5, 0.6) is 0 Å². The molecule has 2 heteroatoms. The molecule has 0 saturated carbocycles. The number of benzene rings is 1. The molecular weight excluding hydrogens is 174 g/mol. The molecule has 3 N–H and O–H groups in total. The van der Waals surface area contributed by atoms with E-state index in [4.69, 9.17) is 10.8 Å². The molecule has 0 heterocycles. The van der Waals surface area contributed by atoms with E-state index < -0.39 is 0 Å². The largest absolute Gasteiger partial charge is 0.396 e. The van der Waals surface area contributed by atoms with Crippen LogP contribution in [0.25, 0.3) is 6.08 Å². The SMILES string of the molecule is NCCC=Cc1ccccc1CCO. The van der Waals surface area contributed by atoms with Crippen molar-refractivity contribution in [3.05, 3.63) is 41.5 Å². The van der Waals surface area contributed by atoms with E-state index in [2.05, 4.69) is 18.2 Å². The molecule has 0 spiro atoms. The quantitative estimate of drug-likeness (QED) is 0.742. The number of rotatable bonds is 5. The molecule has 0 aromatic heterocycles. The summed E-state index contributed by atoms with van der Waals surface area (Å²) >= 11 is 0. The minimum absolute atomic E-state index is 0.196. The van der Waals surface area contributed by atoms with E-state index in [9.17, 15) is 0 Å². The molecule has 0 fully saturated rings. The molecule has 0 radical (unpaired) electrons. The van der Waals surface area contributed by atoms with Crippen LogP contribution in [0.3, 0.4) is 0 Å². The molecule has 0 atom stereocenters. The highest BCUT2D eigenvalue weighted by molar-refractivity contribution is 5.53. The van der Waals surface area contributed by atoms with Gasteiger partial charge in [0.2, 0.25) is 0 Å². The topological polar surface area (TPSA) is 46.2 Å². The van der Waals surface area contributed by atoms with Crippen molar-refractivity contribution in [1.82, 2.24) is 0 Å². The van der Waals surface area contributed by atoms with Gasteiger partial charge in [0.1, 0.15) is 0 Å². The Kier molecular flexibility index (Phi) is 4.97. The van der Waals surface area contributed by atoms with Crippen molar-refractivity contribution in [1.29, 1.82) is 0 Å². The van der Waals surface area contributed by atoms with Crippen LogP contribution in [-0.2, 0) is 6.42 Å². The van der Waals surface area contributed by atoms with Gasteiger partial charge in [0.25, 0.3) is 0 Å². The number of aliphatic hydroxyl groups excluding tert-OH is 1. The third kappa shape index (κ3) is 3.32. The van der Waals surface area contributed by atoms with Gasteiger partial charge in [0.05, 0.1) is 0 Å². The van der Waals surface area contributed by atoms with Crippen LogP contribution >= 0.6 is 0 Å². The lowest BCUT2D eigenvalue weighted by Crippen LogP contribution is -1.96. The van der Waals surface area contributed by atoms with Gasteiger partial charge in [0, 0.05) is 6.61 Å². The first-order valence-electron chi connectivity index (χ1n) is 4.94. The fourth-order valence-corrected chi connectivity index (χ4v) is 1.35. The lowest BCUT2D eigenvalue weighted by Gasteiger charge is -2.03. The Morgan fingerprint density at radius 1 is 1.29 bits per heavy atom. The van der Waals surface area contributed by atoms with Crippen LogP contribution in [0.15, 0.2) is 30.3 Å². The van der Waals surface area contributed by atoms with Crippen molar-refractivity contribution in [2.45, 2.75) is 12.8 Å². The standard InChI is InChI=1S/C12H17NO/c13-9-4-3-7-11-5-1-2-6-12(11)8-10-14/h1-3,5-7,14H,4,8-10,13H2. The Morgan fingerprint density at radius 2 is 2.07 bits per heavy atom. The molecule has 1 aromatic carbocycles. The van der Waals surface area contributed by atoms with Crippen LogP contribution < -0.4 is 5.73 Å². The monoisotopic (exact) mass is 191 g/mol. The fourth-order valence-electron chi connectivity index (χ4n) is 1.35. The average Bonchev–Trinajstić information content (AvgIpc) is 2.21. The molecule has 2 nitrogen and oxygen atoms in total. The zero-order valence-corrected chi connectivity index (χ0v) is 8.32. The summed E-state index contributed by atoms with van der Waals surface area (Å²) in [7, 11) is 0. The summed E-state index contributed by atoms with van der Waals surface area (Å²) in [4.78, 5) is 0. The van der Waals surface area contributed by atoms with Gasteiger partial charge in [-0.2, -0.15) is 0 Å². The lowest BCUT2D eigenvalue weighted by atomic mass is 10.0. The summed E-state index contributed by atoms with van der Waals surface area (Å²) in [6, 6.07) is 8.09. The molecule has 0 aliphatic carbocycles. The predicted molar refractivity (Wildman–Crippen MR) is 59.9 cm³/mol. The first kappa shape index (κ1) is 11.0. The van der Waals surface area contributed by atoms with E-state index in [0.717, 1.165) is 6.42 Å². The highest BCUT2D eigenvalue weighted by Gasteiger charge is 1.96. The Labute approximate surface area is 85.1 Å². The van der Waals surface area contributed by atoms with Gasteiger partial charge in [-0.25, -0.2) is 0 Å². The maximum absolute atomic E-state index is 8.87. The van der Waals surface area contributed by atoms with E-state index in [1.807, 2.05) is 18.2 Å². The smallest absolute Gasteiger partial charge is 0.0471 e. The minimum atomic E-state index is 0.196. The Bertz CT molecular complexity index is 294. The molecule has 1 aromatic rings. The van der Waals surface area contributed by atoms with Gasteiger partial charge < -0.3 is 10.8 Å². The van der Waals surface area contributed by atoms with Crippen molar-refractivity contribution < 1.29 is 5.11 Å². The van der Waals surface area contributed by atoms with E-state index in [0.29, 0.717) is 13.0 Å². The summed E-state index contributed by atoms with van der Waals surface area (Å²) < 4.78 is 0. The normalized spacial score (nSPS) is 11.0. The van der Waals surface area contributed by atoms with Gasteiger partial charge in [-0.15, -0.1) is 0 Å². The van der Waals surface area contributed by atoms with Crippen molar-refractivity contribution in [2.75, 3.05) is 13.2 Å². The number of aliphatic hydroxyl groups is 1. The molecule has 14 heavy (non-hydrogen) atoms. The molecule has 0 aliphatic rings. The second-order valence-electron chi connectivity index (χ2n) is 3.15. The molecule has 76 valence electrons. The maximum Gasteiger partial charge on any atom is 0.0471 e. The molecule has 0 bridgehead atoms. The van der Waals surface area contributed by atoms with E-state index in [1.54, 1.807) is 0 Å². The molecule has 0 aliphatic heterocycles. The zero-order valence-electron chi connectivity index (χ0n) is 8.32.